The molecule has 0 aliphatic rings. The van der Waals surface area contributed by atoms with E-state index in [-0.39, 0.29) is 5.91 Å². The zero-order valence-corrected chi connectivity index (χ0v) is 13.6. The van der Waals surface area contributed by atoms with Crippen LogP contribution in [0.15, 0.2) is 35.8 Å². The third kappa shape index (κ3) is 2.82. The quantitative estimate of drug-likeness (QED) is 0.804. The van der Waals surface area contributed by atoms with Crippen LogP contribution in [-0.2, 0) is 13.6 Å². The van der Waals surface area contributed by atoms with Gasteiger partial charge in [0.15, 0.2) is 5.82 Å². The molecule has 0 aliphatic heterocycles. The number of nitrogens with zero attached hydrogens (tertiary/aromatic N) is 3. The van der Waals surface area contributed by atoms with Crippen molar-refractivity contribution in [2.24, 2.45) is 7.05 Å². The Bertz CT molecular complexity index is 798. The molecule has 0 unspecified atom stereocenters. The topological polar surface area (TPSA) is 51.9 Å². The molecule has 0 saturated heterocycles. The molecule has 6 heteroatoms. The van der Waals surface area contributed by atoms with Crippen molar-refractivity contribution in [1.29, 1.82) is 0 Å². The largest absolute Gasteiger partial charge is 0.343 e. The number of hydrogen-bond acceptors (Lipinski definition) is 3. The molecule has 22 heavy (non-hydrogen) atoms. The zero-order chi connectivity index (χ0) is 15.7. The lowest BCUT2D eigenvalue weighted by atomic mass is 10.2. The number of nitrogens with one attached hydrogen (secondary N) is 1. The normalized spacial score (nSPS) is 10.9. The van der Waals surface area contributed by atoms with Crippen LogP contribution in [0.2, 0.25) is 0 Å². The third-order valence-electron chi connectivity index (χ3n) is 3.67. The molecule has 0 spiro atoms. The van der Waals surface area contributed by atoms with Crippen molar-refractivity contribution >= 4 is 23.1 Å². The molecule has 0 aliphatic carbocycles. The summed E-state index contributed by atoms with van der Waals surface area (Å²) in [5.74, 6) is 0.444. The van der Waals surface area contributed by atoms with Gasteiger partial charge in [0.1, 0.15) is 0 Å². The first kappa shape index (κ1) is 14.6. The van der Waals surface area contributed by atoms with Gasteiger partial charge >= 0.3 is 0 Å². The molecular formula is C16H18N4OS. The minimum Gasteiger partial charge on any atom is -0.343 e. The minimum atomic E-state index is -0.121. The van der Waals surface area contributed by atoms with Crippen LogP contribution in [-0.4, -0.2) is 20.3 Å². The van der Waals surface area contributed by atoms with Crippen LogP contribution in [0.5, 0.6) is 0 Å². The second-order valence-electron chi connectivity index (χ2n) is 5.28. The van der Waals surface area contributed by atoms with E-state index in [2.05, 4.69) is 26.4 Å². The Labute approximate surface area is 133 Å². The van der Waals surface area contributed by atoms with E-state index in [0.717, 1.165) is 17.9 Å². The number of carbonyl (C=O) groups is 1. The summed E-state index contributed by atoms with van der Waals surface area (Å²) in [5, 5.41) is 9.08. The van der Waals surface area contributed by atoms with E-state index < -0.39 is 0 Å². The molecule has 114 valence electrons. The lowest BCUT2D eigenvalue weighted by molar-refractivity contribution is 0.102. The Hall–Kier alpha value is -2.34. The predicted molar refractivity (Wildman–Crippen MR) is 88.5 cm³/mol. The van der Waals surface area contributed by atoms with Gasteiger partial charge in [-0.25, -0.2) is 0 Å². The molecule has 5 nitrogen and oxygen atoms in total. The van der Waals surface area contributed by atoms with Crippen LogP contribution < -0.4 is 5.32 Å². The van der Waals surface area contributed by atoms with Crippen molar-refractivity contribution in [3.8, 4) is 0 Å². The second-order valence-corrected chi connectivity index (χ2v) is 6.31. The average Bonchev–Trinajstić information content (AvgIpc) is 3.17. The molecule has 0 fully saturated rings. The summed E-state index contributed by atoms with van der Waals surface area (Å²) in [6.45, 7) is 4.80. The van der Waals surface area contributed by atoms with Gasteiger partial charge in [-0.3, -0.25) is 9.48 Å². The van der Waals surface area contributed by atoms with E-state index >= 15 is 0 Å². The fourth-order valence-corrected chi connectivity index (χ4v) is 3.19. The number of rotatable bonds is 4. The van der Waals surface area contributed by atoms with Gasteiger partial charge in [0.2, 0.25) is 0 Å². The van der Waals surface area contributed by atoms with Crippen molar-refractivity contribution < 1.29 is 4.79 Å². The van der Waals surface area contributed by atoms with Gasteiger partial charge in [-0.1, -0.05) is 6.07 Å². The first-order valence-corrected chi connectivity index (χ1v) is 7.92. The highest BCUT2D eigenvalue weighted by Gasteiger charge is 2.16. The maximum absolute atomic E-state index is 12.4. The SMILES string of the molecule is Cc1cc(C(=O)Nc2ccn(C)n2)c(C)n1Cc1cccs1. The number of aryl methyl sites for hydroxylation is 2. The van der Waals surface area contributed by atoms with Gasteiger partial charge in [0.25, 0.3) is 5.91 Å². The Kier molecular flexibility index (Phi) is 3.85. The Balaban J connectivity index is 1.83. The molecule has 1 N–H and O–H groups in total. The lowest BCUT2D eigenvalue weighted by Gasteiger charge is -2.08. The summed E-state index contributed by atoms with van der Waals surface area (Å²) in [5.41, 5.74) is 2.75. The number of carbonyl (C=O) groups excluding carboxylic acids is 1. The highest BCUT2D eigenvalue weighted by atomic mass is 32.1. The Morgan fingerprint density at radius 3 is 2.82 bits per heavy atom. The van der Waals surface area contributed by atoms with Gasteiger partial charge < -0.3 is 9.88 Å². The fraction of sp³-hybridized carbons (Fsp3) is 0.250. The molecule has 0 saturated carbocycles. The molecule has 0 bridgehead atoms. The summed E-state index contributed by atoms with van der Waals surface area (Å²) in [6, 6.07) is 7.87. The van der Waals surface area contributed by atoms with E-state index in [1.54, 1.807) is 28.3 Å². The summed E-state index contributed by atoms with van der Waals surface area (Å²) in [4.78, 5) is 13.7. The fourth-order valence-electron chi connectivity index (χ4n) is 2.50. The maximum Gasteiger partial charge on any atom is 0.258 e. The number of hydrogen-bond donors (Lipinski definition) is 1. The monoisotopic (exact) mass is 314 g/mol. The summed E-state index contributed by atoms with van der Waals surface area (Å²) in [6.07, 6.45) is 1.80. The lowest BCUT2D eigenvalue weighted by Crippen LogP contribution is -2.14. The minimum absolute atomic E-state index is 0.121. The molecule has 1 amide bonds. The van der Waals surface area contributed by atoms with Gasteiger partial charge in [-0.2, -0.15) is 5.10 Å². The second kappa shape index (κ2) is 5.81. The van der Waals surface area contributed by atoms with Crippen LogP contribution in [0, 0.1) is 13.8 Å². The maximum atomic E-state index is 12.4. The smallest absolute Gasteiger partial charge is 0.258 e. The van der Waals surface area contributed by atoms with Crippen LogP contribution in [0.4, 0.5) is 5.82 Å². The number of amides is 1. The van der Waals surface area contributed by atoms with Crippen molar-refractivity contribution in [3.63, 3.8) is 0 Å². The van der Waals surface area contributed by atoms with Gasteiger partial charge in [-0.05, 0) is 31.4 Å². The summed E-state index contributed by atoms with van der Waals surface area (Å²) >= 11 is 1.72. The molecule has 3 rings (SSSR count). The average molecular weight is 314 g/mol. The molecule has 3 aromatic rings. The highest BCUT2D eigenvalue weighted by Crippen LogP contribution is 2.20. The molecule has 0 radical (unpaired) electrons. The van der Waals surface area contributed by atoms with Gasteiger partial charge in [0.05, 0.1) is 12.1 Å². The summed E-state index contributed by atoms with van der Waals surface area (Å²) in [7, 11) is 1.82. The third-order valence-corrected chi connectivity index (χ3v) is 4.53. The van der Waals surface area contributed by atoms with Crippen LogP contribution in [0.25, 0.3) is 0 Å². The first-order chi connectivity index (χ1) is 10.5. The van der Waals surface area contributed by atoms with Gasteiger partial charge in [-0.15, -0.1) is 11.3 Å². The number of thiophene rings is 1. The first-order valence-electron chi connectivity index (χ1n) is 7.04. The van der Waals surface area contributed by atoms with Gasteiger partial charge in [0, 0.05) is 35.6 Å². The zero-order valence-electron chi connectivity index (χ0n) is 12.8. The number of anilines is 1. The number of aromatic nitrogens is 3. The molecule has 3 heterocycles. The molecule has 3 aromatic heterocycles. The highest BCUT2D eigenvalue weighted by molar-refractivity contribution is 7.09. The van der Waals surface area contributed by atoms with E-state index in [1.165, 1.54) is 4.88 Å². The van der Waals surface area contributed by atoms with Crippen LogP contribution >= 0.6 is 11.3 Å². The van der Waals surface area contributed by atoms with Crippen molar-refractivity contribution in [3.05, 3.63) is 57.7 Å². The van der Waals surface area contributed by atoms with E-state index in [4.69, 9.17) is 0 Å². The van der Waals surface area contributed by atoms with E-state index in [9.17, 15) is 4.79 Å². The molecule has 0 atom stereocenters. The van der Waals surface area contributed by atoms with Crippen molar-refractivity contribution in [1.82, 2.24) is 14.3 Å². The van der Waals surface area contributed by atoms with Crippen molar-refractivity contribution in [2.75, 3.05) is 5.32 Å². The van der Waals surface area contributed by atoms with Crippen LogP contribution in [0.1, 0.15) is 26.6 Å². The van der Waals surface area contributed by atoms with Crippen molar-refractivity contribution in [2.45, 2.75) is 20.4 Å². The van der Waals surface area contributed by atoms with Crippen LogP contribution in [0.3, 0.4) is 0 Å². The predicted octanol–water partition coefficient (Wildman–Crippen LogP) is 3.20. The Morgan fingerprint density at radius 2 is 2.18 bits per heavy atom. The molecule has 0 aromatic carbocycles. The Morgan fingerprint density at radius 1 is 1.36 bits per heavy atom. The molecular weight excluding hydrogens is 296 g/mol. The van der Waals surface area contributed by atoms with E-state index in [0.29, 0.717) is 11.4 Å². The standard InChI is InChI=1S/C16H18N4OS/c1-11-9-14(16(21)17-15-6-7-19(3)18-15)12(2)20(11)10-13-5-4-8-22-13/h4-9H,10H2,1-3H3,(H,17,18,21). The van der Waals surface area contributed by atoms with E-state index in [1.807, 2.05) is 33.0 Å². The summed E-state index contributed by atoms with van der Waals surface area (Å²) < 4.78 is 3.83.